The van der Waals surface area contributed by atoms with Crippen molar-refractivity contribution in [2.75, 3.05) is 31.1 Å². The first-order valence-electron chi connectivity index (χ1n) is 12.2. The van der Waals surface area contributed by atoms with Gasteiger partial charge in [0.2, 0.25) is 15.8 Å². The van der Waals surface area contributed by atoms with E-state index in [0.29, 0.717) is 42.6 Å². The van der Waals surface area contributed by atoms with Gasteiger partial charge in [-0.05, 0) is 29.3 Å². The van der Waals surface area contributed by atoms with Crippen LogP contribution in [0, 0.1) is 0 Å². The van der Waals surface area contributed by atoms with Crippen molar-refractivity contribution in [3.05, 3.63) is 118 Å². The molecule has 1 saturated heterocycles. The van der Waals surface area contributed by atoms with Crippen LogP contribution in [-0.2, 0) is 22.4 Å². The van der Waals surface area contributed by atoms with Gasteiger partial charge in [-0.25, -0.2) is 8.42 Å². The van der Waals surface area contributed by atoms with Crippen LogP contribution in [0.15, 0.2) is 95.9 Å². The first-order valence-corrected chi connectivity index (χ1v) is 14.2. The topological polar surface area (TPSA) is 84.7 Å². The Morgan fingerprint density at radius 3 is 2.16 bits per heavy atom. The van der Waals surface area contributed by atoms with Gasteiger partial charge in [0.05, 0.1) is 17.6 Å². The molecule has 8 nitrogen and oxygen atoms in total. The van der Waals surface area contributed by atoms with E-state index in [2.05, 4.69) is 5.10 Å². The minimum atomic E-state index is -3.47. The van der Waals surface area contributed by atoms with Crippen molar-refractivity contribution in [3.8, 4) is 11.4 Å². The van der Waals surface area contributed by atoms with Crippen molar-refractivity contribution in [3.63, 3.8) is 0 Å². The van der Waals surface area contributed by atoms with E-state index < -0.39 is 15.6 Å². The molecule has 3 aromatic carbocycles. The van der Waals surface area contributed by atoms with Crippen molar-refractivity contribution in [2.45, 2.75) is 12.4 Å². The molecule has 1 fully saturated rings. The Labute approximate surface area is 226 Å². The number of hydrogen-bond acceptors (Lipinski definition) is 6. The van der Waals surface area contributed by atoms with Gasteiger partial charge in [0, 0.05) is 31.2 Å². The second kappa shape index (κ2) is 11.4. The summed E-state index contributed by atoms with van der Waals surface area (Å²) in [5, 5.41) is 4.88. The van der Waals surface area contributed by atoms with Crippen LogP contribution >= 0.6 is 11.6 Å². The van der Waals surface area contributed by atoms with Crippen LogP contribution in [-0.4, -0.2) is 48.7 Å². The molecule has 2 heterocycles. The van der Waals surface area contributed by atoms with E-state index in [1.54, 1.807) is 30.5 Å². The Hall–Kier alpha value is -3.66. The predicted octanol–water partition coefficient (Wildman–Crippen LogP) is 4.12. The molecule has 5 rings (SSSR count). The molecule has 0 atom stereocenters. The maximum atomic E-state index is 13.6. The fourth-order valence-electron chi connectivity index (χ4n) is 4.40. The summed E-state index contributed by atoms with van der Waals surface area (Å²) < 4.78 is 34.9. The minimum absolute atomic E-state index is 0.0451. The van der Waals surface area contributed by atoms with Gasteiger partial charge in [0.15, 0.2) is 0 Å². The highest BCUT2D eigenvalue weighted by Gasteiger charge is 2.29. The molecular formula is C28H27ClN4O4S. The van der Waals surface area contributed by atoms with E-state index in [1.165, 1.54) is 8.99 Å². The summed E-state index contributed by atoms with van der Waals surface area (Å²) in [5.74, 6) is 0.112. The molecule has 0 aliphatic carbocycles. The quantitative estimate of drug-likeness (QED) is 0.328. The number of aromatic nitrogens is 2. The lowest BCUT2D eigenvalue weighted by Crippen LogP contribution is -2.49. The number of benzene rings is 3. The maximum Gasteiger partial charge on any atom is 0.316 e. The Balaban J connectivity index is 1.39. The lowest BCUT2D eigenvalue weighted by Gasteiger charge is -2.35. The largest absolute Gasteiger partial charge is 0.481 e. The zero-order chi connectivity index (χ0) is 26.5. The average molecular weight is 551 g/mol. The molecule has 196 valence electrons. The fourth-order valence-corrected chi connectivity index (χ4v) is 6.10. The molecule has 0 amide bonds. The molecule has 10 heteroatoms. The van der Waals surface area contributed by atoms with Crippen LogP contribution in [0.1, 0.15) is 11.1 Å². The number of nitrogens with zero attached hydrogens (tertiary/aromatic N) is 4. The van der Waals surface area contributed by atoms with Gasteiger partial charge in [-0.15, -0.1) is 0 Å². The van der Waals surface area contributed by atoms with Crippen LogP contribution in [0.25, 0.3) is 5.69 Å². The molecular weight excluding hydrogens is 524 g/mol. The average Bonchev–Trinajstić information content (AvgIpc) is 2.93. The molecule has 4 aromatic rings. The van der Waals surface area contributed by atoms with E-state index in [4.69, 9.17) is 16.3 Å². The number of rotatable bonds is 8. The highest BCUT2D eigenvalue weighted by Crippen LogP contribution is 2.27. The normalized spacial score (nSPS) is 14.4. The highest BCUT2D eigenvalue weighted by atomic mass is 35.5. The van der Waals surface area contributed by atoms with E-state index in [1.807, 2.05) is 65.6 Å². The van der Waals surface area contributed by atoms with Crippen LogP contribution in [0.4, 0.5) is 5.69 Å². The Bertz CT molecular complexity index is 1560. The molecule has 38 heavy (non-hydrogen) atoms. The third-order valence-electron chi connectivity index (χ3n) is 6.36. The van der Waals surface area contributed by atoms with Crippen LogP contribution in [0.3, 0.4) is 0 Å². The standard InChI is InChI=1S/C28H27ClN4O4S/c29-24-12-7-13-25(18-24)33-28(34)27(37-20-22-8-3-1-4-9-22)26(19-30-33)31-14-16-32(17-15-31)38(35,36)21-23-10-5-2-6-11-23/h1-13,18-19H,14-17,20-21H2. The summed E-state index contributed by atoms with van der Waals surface area (Å²) in [6, 6.07) is 25.6. The molecule has 1 aliphatic heterocycles. The van der Waals surface area contributed by atoms with Gasteiger partial charge in [-0.1, -0.05) is 78.3 Å². The number of piperazine rings is 1. The first-order chi connectivity index (χ1) is 18.4. The molecule has 0 N–H and O–H groups in total. The Morgan fingerprint density at radius 1 is 0.842 bits per heavy atom. The number of hydrogen-bond donors (Lipinski definition) is 0. The van der Waals surface area contributed by atoms with Crippen LogP contribution < -0.4 is 15.2 Å². The molecule has 0 bridgehead atoms. The zero-order valence-electron chi connectivity index (χ0n) is 20.6. The van der Waals surface area contributed by atoms with Crippen molar-refractivity contribution in [1.29, 1.82) is 0 Å². The van der Waals surface area contributed by atoms with Gasteiger partial charge in [0.1, 0.15) is 12.3 Å². The molecule has 0 spiro atoms. The van der Waals surface area contributed by atoms with Crippen LogP contribution in [0.2, 0.25) is 5.02 Å². The van der Waals surface area contributed by atoms with Gasteiger partial charge in [0.25, 0.3) is 0 Å². The summed E-state index contributed by atoms with van der Waals surface area (Å²) in [6.45, 7) is 1.60. The van der Waals surface area contributed by atoms with Gasteiger partial charge >= 0.3 is 5.56 Å². The molecule has 0 saturated carbocycles. The maximum absolute atomic E-state index is 13.6. The zero-order valence-corrected chi connectivity index (χ0v) is 22.2. The molecule has 1 aliphatic rings. The predicted molar refractivity (Wildman–Crippen MR) is 148 cm³/mol. The van der Waals surface area contributed by atoms with Crippen molar-refractivity contribution in [1.82, 2.24) is 14.1 Å². The number of halogens is 1. The molecule has 1 aromatic heterocycles. The molecule has 0 unspecified atom stereocenters. The van der Waals surface area contributed by atoms with E-state index in [0.717, 1.165) is 11.1 Å². The lowest BCUT2D eigenvalue weighted by molar-refractivity contribution is 0.297. The Kier molecular flexibility index (Phi) is 7.78. The van der Waals surface area contributed by atoms with Gasteiger partial charge in [-0.2, -0.15) is 14.1 Å². The SMILES string of the molecule is O=c1c(OCc2ccccc2)c(N2CCN(S(=O)(=O)Cc3ccccc3)CC2)cnn1-c1cccc(Cl)c1. The first kappa shape index (κ1) is 26.0. The summed E-state index contributed by atoms with van der Waals surface area (Å²) in [4.78, 5) is 15.5. The summed E-state index contributed by atoms with van der Waals surface area (Å²) in [5.41, 5.74) is 2.31. The van der Waals surface area contributed by atoms with E-state index >= 15 is 0 Å². The van der Waals surface area contributed by atoms with Crippen molar-refractivity contribution in [2.24, 2.45) is 0 Å². The Morgan fingerprint density at radius 2 is 1.50 bits per heavy atom. The third kappa shape index (κ3) is 5.91. The summed E-state index contributed by atoms with van der Waals surface area (Å²) in [6.07, 6.45) is 1.59. The van der Waals surface area contributed by atoms with Gasteiger partial charge < -0.3 is 9.64 Å². The second-order valence-corrected chi connectivity index (χ2v) is 11.4. The number of sulfonamides is 1. The number of ether oxygens (including phenoxy) is 1. The molecule has 0 radical (unpaired) electrons. The minimum Gasteiger partial charge on any atom is -0.481 e. The number of anilines is 1. The van der Waals surface area contributed by atoms with Gasteiger partial charge in [-0.3, -0.25) is 4.79 Å². The lowest BCUT2D eigenvalue weighted by atomic mass is 10.2. The van der Waals surface area contributed by atoms with Crippen LogP contribution in [0.5, 0.6) is 5.75 Å². The monoisotopic (exact) mass is 550 g/mol. The van der Waals surface area contributed by atoms with E-state index in [9.17, 15) is 13.2 Å². The third-order valence-corrected chi connectivity index (χ3v) is 8.44. The van der Waals surface area contributed by atoms with Crippen molar-refractivity contribution < 1.29 is 13.2 Å². The second-order valence-electron chi connectivity index (χ2n) is 8.96. The smallest absolute Gasteiger partial charge is 0.316 e. The summed E-state index contributed by atoms with van der Waals surface area (Å²) in [7, 11) is -3.47. The van der Waals surface area contributed by atoms with Crippen molar-refractivity contribution >= 4 is 27.3 Å². The summed E-state index contributed by atoms with van der Waals surface area (Å²) >= 11 is 6.15. The van der Waals surface area contributed by atoms with E-state index in [-0.39, 0.29) is 18.1 Å². The highest BCUT2D eigenvalue weighted by molar-refractivity contribution is 7.88. The fraction of sp³-hybridized carbons (Fsp3) is 0.214.